The number of hydrogen-bond donors (Lipinski definition) is 1. The van der Waals surface area contributed by atoms with Crippen LogP contribution < -0.4 is 0 Å². The van der Waals surface area contributed by atoms with E-state index in [9.17, 15) is 13.0 Å². The molecule has 0 amide bonds. The molecule has 0 saturated heterocycles. The number of hydrogen-bond acceptors (Lipinski definition) is 6. The number of fused-ring (bicyclic) bond motifs is 3. The van der Waals surface area contributed by atoms with E-state index < -0.39 is 23.0 Å². The highest BCUT2D eigenvalue weighted by Gasteiger charge is 2.61. The van der Waals surface area contributed by atoms with E-state index in [1.165, 1.54) is 31.9 Å². The molecular formula is C27H44O7S. The molecule has 7 unspecified atom stereocenters. The first-order valence-corrected chi connectivity index (χ1v) is 14.5. The van der Waals surface area contributed by atoms with Crippen LogP contribution in [0.15, 0.2) is 23.5 Å². The molecule has 7 atom stereocenters. The molecule has 1 heterocycles. The lowest BCUT2D eigenvalue weighted by molar-refractivity contribution is -0.178. The third-order valence-corrected chi connectivity index (χ3v) is 10.5. The van der Waals surface area contributed by atoms with Crippen LogP contribution in [0, 0.1) is 34.0 Å². The Hall–Kier alpha value is -0.930. The lowest BCUT2D eigenvalue weighted by Gasteiger charge is -2.66. The fourth-order valence-electron chi connectivity index (χ4n) is 8.80. The van der Waals surface area contributed by atoms with Crippen molar-refractivity contribution in [3.63, 3.8) is 0 Å². The Morgan fingerprint density at radius 1 is 1.06 bits per heavy atom. The van der Waals surface area contributed by atoms with Crippen molar-refractivity contribution in [1.82, 2.24) is 0 Å². The number of rotatable bonds is 7. The van der Waals surface area contributed by atoms with Gasteiger partial charge in [-0.15, -0.1) is 0 Å². The average molecular weight is 513 g/mol. The summed E-state index contributed by atoms with van der Waals surface area (Å²) in [4.78, 5) is 0. The zero-order valence-corrected chi connectivity index (χ0v) is 23.0. The predicted octanol–water partition coefficient (Wildman–Crippen LogP) is 6.03. The monoisotopic (exact) mass is 512 g/mol. The molecule has 3 saturated carbocycles. The second kappa shape index (κ2) is 9.75. The molecule has 7 nitrogen and oxygen atoms in total. The molecule has 0 aromatic carbocycles. The Balaban J connectivity index is 1.65. The summed E-state index contributed by atoms with van der Waals surface area (Å²) < 4.78 is 53.6. The Morgan fingerprint density at radius 3 is 2.46 bits per heavy atom. The van der Waals surface area contributed by atoms with Gasteiger partial charge in [0.1, 0.15) is 6.26 Å². The van der Waals surface area contributed by atoms with Crippen molar-refractivity contribution in [2.45, 2.75) is 98.1 Å². The average Bonchev–Trinajstić information content (AvgIpc) is 3.17. The van der Waals surface area contributed by atoms with E-state index >= 15 is 0 Å². The second-order valence-corrected chi connectivity index (χ2v) is 13.4. The molecular weight excluding hydrogens is 468 g/mol. The largest absolute Gasteiger partial charge is 0.445 e. The van der Waals surface area contributed by atoms with Gasteiger partial charge in [0.2, 0.25) is 0 Å². The van der Waals surface area contributed by atoms with Crippen molar-refractivity contribution in [1.29, 1.82) is 0 Å². The maximum atomic E-state index is 11.4. The Kier molecular flexibility index (Phi) is 7.55. The van der Waals surface area contributed by atoms with Crippen molar-refractivity contribution in [2.24, 2.45) is 34.0 Å². The van der Waals surface area contributed by atoms with Gasteiger partial charge in [-0.3, -0.25) is 4.55 Å². The maximum absolute atomic E-state index is 11.4. The van der Waals surface area contributed by atoms with Crippen LogP contribution in [-0.4, -0.2) is 39.8 Å². The summed E-state index contributed by atoms with van der Waals surface area (Å²) in [6.07, 6.45) is 12.0. The van der Waals surface area contributed by atoms with Gasteiger partial charge in [-0.2, -0.15) is 8.42 Å². The van der Waals surface area contributed by atoms with E-state index in [2.05, 4.69) is 27.7 Å². The summed E-state index contributed by atoms with van der Waals surface area (Å²) in [5.74, 6) is 1.40. The van der Waals surface area contributed by atoms with Crippen LogP contribution in [0.3, 0.4) is 0 Å². The van der Waals surface area contributed by atoms with Crippen molar-refractivity contribution in [3.8, 4) is 0 Å². The van der Waals surface area contributed by atoms with E-state index in [-0.39, 0.29) is 16.7 Å². The highest BCUT2D eigenvalue weighted by molar-refractivity contribution is 7.81. The molecule has 8 heteroatoms. The third-order valence-electron chi connectivity index (χ3n) is 10.2. The van der Waals surface area contributed by atoms with Crippen LogP contribution >= 0.6 is 0 Å². The van der Waals surface area contributed by atoms with Crippen molar-refractivity contribution < 1.29 is 31.4 Å². The number of methoxy groups -OCH3 is 2. The SMILES string of the molecule is COC1C=C(CCC2C(=COS(=O)(=O)O)CCC3C2(C)CCC2C(C)(C)CCCC23C)C(OC)O1. The minimum absolute atomic E-state index is 0.0224. The minimum atomic E-state index is -4.54. The molecule has 4 aliphatic rings. The highest BCUT2D eigenvalue weighted by atomic mass is 32.3. The van der Waals surface area contributed by atoms with E-state index in [0.717, 1.165) is 43.3 Å². The molecule has 1 aliphatic heterocycles. The molecule has 3 fully saturated rings. The third kappa shape index (κ3) is 5.11. The zero-order chi connectivity index (χ0) is 25.6. The highest BCUT2D eigenvalue weighted by Crippen LogP contribution is 2.69. The Morgan fingerprint density at radius 2 is 1.80 bits per heavy atom. The summed E-state index contributed by atoms with van der Waals surface area (Å²) in [7, 11) is -1.30. The van der Waals surface area contributed by atoms with Gasteiger partial charge in [0.25, 0.3) is 0 Å². The molecule has 0 bridgehead atoms. The van der Waals surface area contributed by atoms with Crippen LogP contribution in [-0.2, 0) is 28.8 Å². The molecule has 0 spiro atoms. The van der Waals surface area contributed by atoms with Gasteiger partial charge in [0, 0.05) is 14.2 Å². The van der Waals surface area contributed by atoms with Crippen LogP contribution in [0.4, 0.5) is 0 Å². The fraction of sp³-hybridized carbons (Fsp3) is 0.852. The van der Waals surface area contributed by atoms with Crippen LogP contribution in [0.25, 0.3) is 0 Å². The van der Waals surface area contributed by atoms with Gasteiger partial charge in [0.15, 0.2) is 12.6 Å². The topological polar surface area (TPSA) is 91.3 Å². The first kappa shape index (κ1) is 27.1. The standard InChI is InChI=1S/C27H44O7S/c1-25(2)13-7-14-27(4)21(25)12-15-26(3)20(10-8-18-16-23(31-5)34-24(18)32-6)19(9-11-22(26)27)17-33-35(28,29)30/h16-17,20-24H,7-15H2,1-6H3,(H,28,29,30). The quantitative estimate of drug-likeness (QED) is 0.253. The number of ether oxygens (including phenoxy) is 3. The van der Waals surface area contributed by atoms with Crippen molar-refractivity contribution in [2.75, 3.05) is 14.2 Å². The normalized spacial score (nSPS) is 42.3. The minimum Gasteiger partial charge on any atom is -0.370 e. The zero-order valence-electron chi connectivity index (χ0n) is 22.2. The fourth-order valence-corrected chi connectivity index (χ4v) is 9.04. The van der Waals surface area contributed by atoms with Crippen LogP contribution in [0.5, 0.6) is 0 Å². The summed E-state index contributed by atoms with van der Waals surface area (Å²) in [5.41, 5.74) is 2.68. The summed E-state index contributed by atoms with van der Waals surface area (Å²) in [6.45, 7) is 9.84. The molecule has 0 aromatic heterocycles. The van der Waals surface area contributed by atoms with E-state index in [1.54, 1.807) is 14.2 Å². The van der Waals surface area contributed by atoms with Gasteiger partial charge < -0.3 is 18.4 Å². The van der Waals surface area contributed by atoms with Crippen molar-refractivity contribution in [3.05, 3.63) is 23.5 Å². The van der Waals surface area contributed by atoms with E-state index in [0.29, 0.717) is 17.3 Å². The van der Waals surface area contributed by atoms with Crippen LogP contribution in [0.2, 0.25) is 0 Å². The first-order valence-electron chi connectivity index (χ1n) is 13.1. The Bertz CT molecular complexity index is 955. The van der Waals surface area contributed by atoms with Crippen LogP contribution in [0.1, 0.15) is 85.5 Å². The van der Waals surface area contributed by atoms with Gasteiger partial charge in [-0.25, -0.2) is 0 Å². The summed E-state index contributed by atoms with van der Waals surface area (Å²) in [5, 5.41) is 0. The molecule has 0 radical (unpaired) electrons. The van der Waals surface area contributed by atoms with Gasteiger partial charge >= 0.3 is 10.4 Å². The van der Waals surface area contributed by atoms with Crippen molar-refractivity contribution >= 4 is 10.4 Å². The predicted molar refractivity (Wildman–Crippen MR) is 133 cm³/mol. The second-order valence-electron chi connectivity index (χ2n) is 12.4. The molecule has 3 aliphatic carbocycles. The maximum Gasteiger partial charge on any atom is 0.445 e. The molecule has 0 aromatic rings. The van der Waals surface area contributed by atoms with Gasteiger partial charge in [-0.05, 0) is 103 Å². The summed E-state index contributed by atoms with van der Waals surface area (Å²) in [6, 6.07) is 0. The van der Waals surface area contributed by atoms with Gasteiger partial charge in [-0.1, -0.05) is 34.1 Å². The first-order chi connectivity index (χ1) is 16.3. The lowest BCUT2D eigenvalue weighted by atomic mass is 9.39. The lowest BCUT2D eigenvalue weighted by Crippen LogP contribution is -2.58. The smallest absolute Gasteiger partial charge is 0.370 e. The Labute approximate surface area is 211 Å². The molecule has 35 heavy (non-hydrogen) atoms. The summed E-state index contributed by atoms with van der Waals surface area (Å²) >= 11 is 0. The molecule has 200 valence electrons. The van der Waals surface area contributed by atoms with E-state index in [4.69, 9.17) is 18.4 Å². The molecule has 4 rings (SSSR count). The van der Waals surface area contributed by atoms with Gasteiger partial charge in [0.05, 0.1) is 0 Å². The molecule has 1 N–H and O–H groups in total. The number of allylic oxidation sites excluding steroid dienone is 1. The van der Waals surface area contributed by atoms with E-state index in [1.807, 2.05) is 6.08 Å².